The Kier molecular flexibility index (Phi) is 4.48. The van der Waals surface area contributed by atoms with Gasteiger partial charge in [0.05, 0.1) is 12.2 Å². The predicted molar refractivity (Wildman–Crippen MR) is 79.1 cm³/mol. The molecule has 112 valence electrons. The van der Waals surface area contributed by atoms with Crippen LogP contribution in [0.1, 0.15) is 50.4 Å². The van der Waals surface area contributed by atoms with Gasteiger partial charge in [-0.2, -0.15) is 5.10 Å². The van der Waals surface area contributed by atoms with Crippen molar-refractivity contribution in [3.63, 3.8) is 0 Å². The zero-order valence-electron chi connectivity index (χ0n) is 13.0. The standard InChI is InChI=1S/C15H26N4O/c1-10(2)9-19-14(20)7-5-6-13(16)15(19)12-8-17-18(4)11(12)3/h8,10,13,15H,5-7,9,16H2,1-4H3. The molecule has 0 spiro atoms. The smallest absolute Gasteiger partial charge is 0.223 e. The van der Waals surface area contributed by atoms with E-state index in [9.17, 15) is 4.79 Å². The number of likely N-dealkylation sites (tertiary alicyclic amines) is 1. The molecule has 1 aromatic rings. The second-order valence-electron chi connectivity index (χ2n) is 6.25. The van der Waals surface area contributed by atoms with Crippen molar-refractivity contribution >= 4 is 5.91 Å². The highest BCUT2D eigenvalue weighted by Crippen LogP contribution is 2.32. The fraction of sp³-hybridized carbons (Fsp3) is 0.733. The summed E-state index contributed by atoms with van der Waals surface area (Å²) in [6.07, 6.45) is 4.24. The van der Waals surface area contributed by atoms with Gasteiger partial charge in [0.2, 0.25) is 5.91 Å². The summed E-state index contributed by atoms with van der Waals surface area (Å²) in [6.45, 7) is 7.07. The molecule has 2 atom stereocenters. The van der Waals surface area contributed by atoms with Crippen LogP contribution >= 0.6 is 0 Å². The Morgan fingerprint density at radius 2 is 2.20 bits per heavy atom. The van der Waals surface area contributed by atoms with Gasteiger partial charge in [-0.15, -0.1) is 0 Å². The van der Waals surface area contributed by atoms with Gasteiger partial charge in [0.1, 0.15) is 0 Å². The zero-order chi connectivity index (χ0) is 14.9. The van der Waals surface area contributed by atoms with Crippen LogP contribution < -0.4 is 5.73 Å². The molecule has 1 fully saturated rings. The van der Waals surface area contributed by atoms with E-state index in [0.717, 1.165) is 30.6 Å². The van der Waals surface area contributed by atoms with Gasteiger partial charge < -0.3 is 10.6 Å². The van der Waals surface area contributed by atoms with Crippen LogP contribution in [0.3, 0.4) is 0 Å². The van der Waals surface area contributed by atoms with Crippen molar-refractivity contribution in [3.8, 4) is 0 Å². The molecule has 0 radical (unpaired) electrons. The van der Waals surface area contributed by atoms with Crippen molar-refractivity contribution in [3.05, 3.63) is 17.5 Å². The molecule has 1 aliphatic heterocycles. The number of aryl methyl sites for hydroxylation is 1. The Balaban J connectivity index is 2.40. The summed E-state index contributed by atoms with van der Waals surface area (Å²) in [5, 5.41) is 4.32. The summed E-state index contributed by atoms with van der Waals surface area (Å²) in [7, 11) is 1.93. The van der Waals surface area contributed by atoms with E-state index in [1.54, 1.807) is 0 Å². The molecular weight excluding hydrogens is 252 g/mol. The van der Waals surface area contributed by atoms with E-state index >= 15 is 0 Å². The van der Waals surface area contributed by atoms with E-state index in [0.29, 0.717) is 12.3 Å². The molecule has 5 nitrogen and oxygen atoms in total. The second-order valence-corrected chi connectivity index (χ2v) is 6.25. The number of aromatic nitrogens is 2. The summed E-state index contributed by atoms with van der Waals surface area (Å²) in [5.41, 5.74) is 8.57. The van der Waals surface area contributed by atoms with E-state index in [1.807, 2.05) is 29.7 Å². The molecule has 0 aromatic carbocycles. The maximum atomic E-state index is 12.4. The number of hydrogen-bond acceptors (Lipinski definition) is 3. The lowest BCUT2D eigenvalue weighted by Gasteiger charge is -2.34. The molecule has 2 unspecified atom stereocenters. The number of carbonyl (C=O) groups is 1. The zero-order valence-corrected chi connectivity index (χ0v) is 13.0. The Hall–Kier alpha value is -1.36. The first kappa shape index (κ1) is 15.0. The summed E-state index contributed by atoms with van der Waals surface area (Å²) in [4.78, 5) is 14.4. The number of amides is 1. The number of rotatable bonds is 3. The van der Waals surface area contributed by atoms with Crippen LogP contribution in [0.25, 0.3) is 0 Å². The lowest BCUT2D eigenvalue weighted by atomic mass is 9.96. The van der Waals surface area contributed by atoms with Gasteiger partial charge in [-0.3, -0.25) is 9.48 Å². The Morgan fingerprint density at radius 1 is 1.50 bits per heavy atom. The molecule has 1 amide bonds. The molecule has 0 aliphatic carbocycles. The van der Waals surface area contributed by atoms with Crippen molar-refractivity contribution in [2.75, 3.05) is 6.54 Å². The van der Waals surface area contributed by atoms with Crippen molar-refractivity contribution in [2.24, 2.45) is 18.7 Å². The largest absolute Gasteiger partial charge is 0.334 e. The molecule has 2 rings (SSSR count). The van der Waals surface area contributed by atoms with Gasteiger partial charge in [-0.1, -0.05) is 13.8 Å². The van der Waals surface area contributed by atoms with Crippen LogP contribution in [0.5, 0.6) is 0 Å². The van der Waals surface area contributed by atoms with E-state index < -0.39 is 0 Å². The Morgan fingerprint density at radius 3 is 2.75 bits per heavy atom. The number of nitrogens with two attached hydrogens (primary N) is 1. The summed E-state index contributed by atoms with van der Waals surface area (Å²) < 4.78 is 1.85. The van der Waals surface area contributed by atoms with E-state index in [4.69, 9.17) is 5.73 Å². The number of carbonyl (C=O) groups excluding carboxylic acids is 1. The first-order valence-electron chi connectivity index (χ1n) is 7.45. The maximum Gasteiger partial charge on any atom is 0.223 e. The van der Waals surface area contributed by atoms with Crippen LogP contribution in [0.2, 0.25) is 0 Å². The highest BCUT2D eigenvalue weighted by atomic mass is 16.2. The monoisotopic (exact) mass is 278 g/mol. The van der Waals surface area contributed by atoms with E-state index in [-0.39, 0.29) is 18.0 Å². The Bertz CT molecular complexity index is 480. The van der Waals surface area contributed by atoms with Crippen LogP contribution in [0.4, 0.5) is 0 Å². The fourth-order valence-corrected chi connectivity index (χ4v) is 2.99. The molecule has 5 heteroatoms. The minimum Gasteiger partial charge on any atom is -0.334 e. The first-order chi connectivity index (χ1) is 9.41. The average Bonchev–Trinajstić information content (AvgIpc) is 2.62. The quantitative estimate of drug-likeness (QED) is 0.916. The summed E-state index contributed by atoms with van der Waals surface area (Å²) >= 11 is 0. The van der Waals surface area contributed by atoms with Crippen LogP contribution in [-0.2, 0) is 11.8 Å². The number of nitrogens with zero attached hydrogens (tertiary/aromatic N) is 3. The first-order valence-corrected chi connectivity index (χ1v) is 7.45. The lowest BCUT2D eigenvalue weighted by Crippen LogP contribution is -2.44. The van der Waals surface area contributed by atoms with Gasteiger partial charge in [-0.05, 0) is 25.7 Å². The molecule has 1 aromatic heterocycles. The highest BCUT2D eigenvalue weighted by molar-refractivity contribution is 5.77. The second kappa shape index (κ2) is 5.95. The van der Waals surface area contributed by atoms with Crippen LogP contribution in [0, 0.1) is 12.8 Å². The summed E-state index contributed by atoms with van der Waals surface area (Å²) in [5.74, 6) is 0.656. The van der Waals surface area contributed by atoms with Gasteiger partial charge in [0.25, 0.3) is 0 Å². The van der Waals surface area contributed by atoms with Gasteiger partial charge in [-0.25, -0.2) is 0 Å². The maximum absolute atomic E-state index is 12.4. The molecule has 1 aliphatic rings. The minimum absolute atomic E-state index is 0.0110. The third-order valence-corrected chi connectivity index (χ3v) is 4.14. The van der Waals surface area contributed by atoms with Crippen molar-refractivity contribution in [2.45, 2.75) is 52.1 Å². The third kappa shape index (κ3) is 2.87. The molecule has 1 saturated heterocycles. The lowest BCUT2D eigenvalue weighted by molar-refractivity contribution is -0.133. The molecule has 2 heterocycles. The normalized spacial score (nSPS) is 24.3. The van der Waals surface area contributed by atoms with Gasteiger partial charge >= 0.3 is 0 Å². The van der Waals surface area contributed by atoms with Gasteiger partial charge in [0, 0.05) is 37.3 Å². The third-order valence-electron chi connectivity index (χ3n) is 4.14. The molecular formula is C15H26N4O. The number of hydrogen-bond donors (Lipinski definition) is 1. The van der Waals surface area contributed by atoms with Crippen molar-refractivity contribution < 1.29 is 4.79 Å². The van der Waals surface area contributed by atoms with E-state index in [1.165, 1.54) is 0 Å². The Labute approximate surface area is 121 Å². The minimum atomic E-state index is -0.0406. The summed E-state index contributed by atoms with van der Waals surface area (Å²) in [6, 6.07) is -0.0517. The average molecular weight is 278 g/mol. The predicted octanol–water partition coefficient (Wildman–Crippen LogP) is 1.77. The SMILES string of the molecule is Cc1c(C2C(N)CCCC(=O)N2CC(C)C)cnn1C. The van der Waals surface area contributed by atoms with Crippen LogP contribution in [-0.4, -0.2) is 33.2 Å². The molecule has 0 bridgehead atoms. The van der Waals surface area contributed by atoms with Crippen molar-refractivity contribution in [1.82, 2.24) is 14.7 Å². The van der Waals surface area contributed by atoms with Crippen molar-refractivity contribution in [1.29, 1.82) is 0 Å². The molecule has 2 N–H and O–H groups in total. The fourth-order valence-electron chi connectivity index (χ4n) is 2.99. The highest BCUT2D eigenvalue weighted by Gasteiger charge is 2.34. The van der Waals surface area contributed by atoms with E-state index in [2.05, 4.69) is 18.9 Å². The topological polar surface area (TPSA) is 64.2 Å². The van der Waals surface area contributed by atoms with Crippen LogP contribution in [0.15, 0.2) is 6.20 Å². The van der Waals surface area contributed by atoms with Gasteiger partial charge in [0.15, 0.2) is 0 Å². The molecule has 0 saturated carbocycles. The molecule has 20 heavy (non-hydrogen) atoms.